The lowest BCUT2D eigenvalue weighted by atomic mass is 10.00. The van der Waals surface area contributed by atoms with Gasteiger partial charge in [-0.25, -0.2) is 0 Å². The molecule has 0 N–H and O–H groups in total. The smallest absolute Gasteiger partial charge is 0.195 e. The third-order valence-corrected chi connectivity index (χ3v) is 5.02. The Labute approximate surface area is 155 Å². The second-order valence-corrected chi connectivity index (χ2v) is 6.88. The van der Waals surface area contributed by atoms with E-state index in [1.807, 2.05) is 50.2 Å². The minimum atomic E-state index is 0.0921. The van der Waals surface area contributed by atoms with Crippen molar-refractivity contribution in [1.29, 1.82) is 0 Å². The highest BCUT2D eigenvalue weighted by Crippen LogP contribution is 2.31. The summed E-state index contributed by atoms with van der Waals surface area (Å²) in [6, 6.07) is 16.3. The second kappa shape index (κ2) is 7.88. The van der Waals surface area contributed by atoms with Gasteiger partial charge in [0.25, 0.3) is 0 Å². The molecule has 1 aromatic heterocycles. The number of para-hydroxylation sites is 1. The molecule has 26 heavy (non-hydrogen) atoms. The summed E-state index contributed by atoms with van der Waals surface area (Å²) in [6.07, 6.45) is 0.922. The number of rotatable bonds is 7. The van der Waals surface area contributed by atoms with Crippen LogP contribution in [0.15, 0.2) is 48.5 Å². The van der Waals surface area contributed by atoms with Gasteiger partial charge >= 0.3 is 0 Å². The number of ketones is 1. The standard InChI is InChI=1S/C23H27NO2/c1-5-26-15-14-17(3)24-18(4)22(20-8-6-7-9-21(20)24)23(25)19-12-10-16(2)11-13-19/h6-13,17H,5,14-15H2,1-4H3. The molecule has 3 nitrogen and oxygen atoms in total. The molecule has 3 heteroatoms. The van der Waals surface area contributed by atoms with Gasteiger partial charge in [0.05, 0.1) is 5.56 Å². The van der Waals surface area contributed by atoms with Crippen molar-refractivity contribution in [3.05, 3.63) is 70.9 Å². The summed E-state index contributed by atoms with van der Waals surface area (Å²) in [7, 11) is 0. The maximum Gasteiger partial charge on any atom is 0.195 e. The van der Waals surface area contributed by atoms with Crippen LogP contribution in [0, 0.1) is 13.8 Å². The molecule has 3 rings (SSSR count). The minimum absolute atomic E-state index is 0.0921. The van der Waals surface area contributed by atoms with E-state index in [-0.39, 0.29) is 11.8 Å². The molecule has 136 valence electrons. The molecule has 1 atom stereocenters. The molecule has 2 aromatic carbocycles. The number of ether oxygens (including phenoxy) is 1. The maximum atomic E-state index is 13.3. The van der Waals surface area contributed by atoms with E-state index in [2.05, 4.69) is 30.5 Å². The zero-order valence-electron chi connectivity index (χ0n) is 16.1. The summed E-state index contributed by atoms with van der Waals surface area (Å²) in [5.74, 6) is 0.0921. The van der Waals surface area contributed by atoms with Gasteiger partial charge in [0, 0.05) is 41.4 Å². The summed E-state index contributed by atoms with van der Waals surface area (Å²) in [4.78, 5) is 13.3. The van der Waals surface area contributed by atoms with Gasteiger partial charge in [-0.1, -0.05) is 48.0 Å². The Hall–Kier alpha value is -2.39. The lowest BCUT2D eigenvalue weighted by Crippen LogP contribution is -2.11. The highest BCUT2D eigenvalue weighted by Gasteiger charge is 2.22. The predicted octanol–water partition coefficient (Wildman–Crippen LogP) is 5.48. The molecule has 0 aliphatic heterocycles. The van der Waals surface area contributed by atoms with Crippen LogP contribution >= 0.6 is 0 Å². The topological polar surface area (TPSA) is 31.2 Å². The van der Waals surface area contributed by atoms with Crippen molar-refractivity contribution < 1.29 is 9.53 Å². The number of fused-ring (bicyclic) bond motifs is 1. The van der Waals surface area contributed by atoms with E-state index in [9.17, 15) is 4.79 Å². The lowest BCUT2D eigenvalue weighted by molar-refractivity contribution is 0.103. The first-order valence-electron chi connectivity index (χ1n) is 9.33. The monoisotopic (exact) mass is 349 g/mol. The average molecular weight is 349 g/mol. The molecule has 1 unspecified atom stereocenters. The Kier molecular flexibility index (Phi) is 5.58. The number of aromatic nitrogens is 1. The third kappa shape index (κ3) is 3.45. The van der Waals surface area contributed by atoms with Crippen LogP contribution in [-0.4, -0.2) is 23.6 Å². The van der Waals surface area contributed by atoms with Crippen molar-refractivity contribution in [2.45, 2.75) is 40.2 Å². The summed E-state index contributed by atoms with van der Waals surface area (Å²) < 4.78 is 7.82. The lowest BCUT2D eigenvalue weighted by Gasteiger charge is -2.18. The summed E-state index contributed by atoms with van der Waals surface area (Å²) in [6.45, 7) is 9.75. The molecular formula is C23H27NO2. The molecule has 0 spiro atoms. The molecule has 0 saturated heterocycles. The number of benzene rings is 2. The SMILES string of the molecule is CCOCCC(C)n1c(C)c(C(=O)c2ccc(C)cc2)c2ccccc21. The Morgan fingerprint density at radius 1 is 1.08 bits per heavy atom. The summed E-state index contributed by atoms with van der Waals surface area (Å²) in [5, 5.41) is 1.03. The fourth-order valence-corrected chi connectivity index (χ4v) is 3.62. The van der Waals surface area contributed by atoms with Crippen LogP contribution in [0.25, 0.3) is 10.9 Å². The van der Waals surface area contributed by atoms with Gasteiger partial charge in [0.15, 0.2) is 5.78 Å². The van der Waals surface area contributed by atoms with Crippen LogP contribution in [-0.2, 0) is 4.74 Å². The van der Waals surface area contributed by atoms with E-state index < -0.39 is 0 Å². The zero-order valence-corrected chi connectivity index (χ0v) is 16.1. The van der Waals surface area contributed by atoms with E-state index in [4.69, 9.17) is 4.74 Å². The molecule has 0 radical (unpaired) electrons. The van der Waals surface area contributed by atoms with Gasteiger partial charge < -0.3 is 9.30 Å². The maximum absolute atomic E-state index is 13.3. The van der Waals surface area contributed by atoms with Gasteiger partial charge in [-0.15, -0.1) is 0 Å². The molecule has 0 fully saturated rings. The third-order valence-electron chi connectivity index (χ3n) is 5.02. The highest BCUT2D eigenvalue weighted by atomic mass is 16.5. The van der Waals surface area contributed by atoms with Gasteiger partial charge in [0.1, 0.15) is 0 Å². The summed E-state index contributed by atoms with van der Waals surface area (Å²) in [5.41, 5.74) is 4.85. The predicted molar refractivity (Wildman–Crippen MR) is 107 cm³/mol. The van der Waals surface area contributed by atoms with Crippen molar-refractivity contribution in [2.75, 3.05) is 13.2 Å². The van der Waals surface area contributed by atoms with Crippen LogP contribution in [0.5, 0.6) is 0 Å². The fraction of sp³-hybridized carbons (Fsp3) is 0.348. The molecule has 0 saturated carbocycles. The van der Waals surface area contributed by atoms with Crippen LogP contribution in [0.2, 0.25) is 0 Å². The Morgan fingerprint density at radius 2 is 1.77 bits per heavy atom. The molecule has 0 bridgehead atoms. The van der Waals surface area contributed by atoms with Crippen molar-refractivity contribution in [3.63, 3.8) is 0 Å². The molecular weight excluding hydrogens is 322 g/mol. The van der Waals surface area contributed by atoms with Crippen LogP contribution < -0.4 is 0 Å². The normalized spacial score (nSPS) is 12.5. The van der Waals surface area contributed by atoms with Gasteiger partial charge in [-0.05, 0) is 40.2 Å². The molecule has 3 aromatic rings. The number of carbonyl (C=O) groups is 1. The molecule has 0 aliphatic carbocycles. The largest absolute Gasteiger partial charge is 0.382 e. The average Bonchev–Trinajstić information content (AvgIpc) is 2.93. The van der Waals surface area contributed by atoms with E-state index in [1.54, 1.807) is 0 Å². The zero-order chi connectivity index (χ0) is 18.7. The Bertz CT molecular complexity index is 906. The van der Waals surface area contributed by atoms with Crippen molar-refractivity contribution >= 4 is 16.7 Å². The number of nitrogens with zero attached hydrogens (tertiary/aromatic N) is 1. The van der Waals surface area contributed by atoms with Gasteiger partial charge in [-0.2, -0.15) is 0 Å². The van der Waals surface area contributed by atoms with E-state index in [0.717, 1.165) is 52.9 Å². The number of aryl methyl sites for hydroxylation is 1. The number of hydrogen-bond acceptors (Lipinski definition) is 2. The number of carbonyl (C=O) groups excluding carboxylic acids is 1. The number of hydrogen-bond donors (Lipinski definition) is 0. The summed E-state index contributed by atoms with van der Waals surface area (Å²) >= 11 is 0. The molecule has 0 amide bonds. The van der Waals surface area contributed by atoms with Gasteiger partial charge in [-0.3, -0.25) is 4.79 Å². The van der Waals surface area contributed by atoms with Crippen LogP contribution in [0.1, 0.15) is 53.5 Å². The van der Waals surface area contributed by atoms with E-state index >= 15 is 0 Å². The van der Waals surface area contributed by atoms with Gasteiger partial charge in [0.2, 0.25) is 0 Å². The van der Waals surface area contributed by atoms with E-state index in [0.29, 0.717) is 0 Å². The fourth-order valence-electron chi connectivity index (χ4n) is 3.62. The minimum Gasteiger partial charge on any atom is -0.382 e. The Morgan fingerprint density at radius 3 is 2.46 bits per heavy atom. The Balaban J connectivity index is 2.07. The first-order valence-corrected chi connectivity index (χ1v) is 9.33. The molecule has 0 aliphatic rings. The first-order chi connectivity index (χ1) is 12.5. The van der Waals surface area contributed by atoms with Crippen molar-refractivity contribution in [1.82, 2.24) is 4.57 Å². The van der Waals surface area contributed by atoms with Crippen molar-refractivity contribution in [2.24, 2.45) is 0 Å². The van der Waals surface area contributed by atoms with Crippen LogP contribution in [0.4, 0.5) is 0 Å². The highest BCUT2D eigenvalue weighted by molar-refractivity contribution is 6.17. The first kappa shape index (κ1) is 18.4. The van der Waals surface area contributed by atoms with Crippen molar-refractivity contribution in [3.8, 4) is 0 Å². The van der Waals surface area contributed by atoms with E-state index in [1.165, 1.54) is 0 Å². The van der Waals surface area contributed by atoms with Crippen LogP contribution in [0.3, 0.4) is 0 Å². The second-order valence-electron chi connectivity index (χ2n) is 6.88. The molecule has 1 heterocycles. The quantitative estimate of drug-likeness (QED) is 0.418.